The second kappa shape index (κ2) is 46.7. The molecule has 1 heterocycles. The molecule has 0 spiro atoms. The minimum Gasteiger partial charge on any atom is -0.481 e. The number of aliphatic hydroxyl groups excluding tert-OH is 2. The van der Waals surface area contributed by atoms with Crippen LogP contribution in [-0.2, 0) is 81.5 Å². The van der Waals surface area contributed by atoms with Crippen molar-refractivity contribution in [2.24, 2.45) is 40.3 Å². The number of likely N-dealkylation sites (tertiary alicyclic amines) is 1. The number of hydrogen-bond donors (Lipinski definition) is 21. The second-order valence-electron chi connectivity index (χ2n) is 23.6. The van der Waals surface area contributed by atoms with Crippen LogP contribution in [0, 0.1) is 5.92 Å². The molecule has 0 aromatic rings. The Morgan fingerprint density at radius 3 is 1.43 bits per heavy atom. The minimum atomic E-state index is -2.07. The molecule has 0 unspecified atom stereocenters. The average molecular weight is 1450 g/mol. The van der Waals surface area contributed by atoms with E-state index in [2.05, 4.69) is 58.5 Å². The molecule has 0 bridgehead atoms. The van der Waals surface area contributed by atoms with Crippen LogP contribution < -0.4 is 92.9 Å². The number of rotatable bonds is 50. The summed E-state index contributed by atoms with van der Waals surface area (Å²) in [6, 6.07) is -18.9. The first-order valence-corrected chi connectivity index (χ1v) is 34.7. The summed E-state index contributed by atoms with van der Waals surface area (Å²) in [5, 5.41) is 65.8. The maximum atomic E-state index is 14.0. The summed E-state index contributed by atoms with van der Waals surface area (Å²) in [6.07, 6.45) is -0.746. The highest BCUT2D eigenvalue weighted by Crippen LogP contribution is 2.20. The van der Waals surface area contributed by atoms with Crippen molar-refractivity contribution in [3.05, 3.63) is 0 Å². The molecule has 1 aliphatic rings. The molecule has 41 heteroatoms. The van der Waals surface area contributed by atoms with Crippen LogP contribution in [0.1, 0.15) is 117 Å². The lowest BCUT2D eigenvalue weighted by Crippen LogP contribution is -2.62. The number of carbonyl (C=O) groups excluding carboxylic acids is 15. The third kappa shape index (κ3) is 33.3. The summed E-state index contributed by atoms with van der Waals surface area (Å²) < 4.78 is 0. The van der Waals surface area contributed by atoms with E-state index in [1.165, 1.54) is 37.4 Å². The highest BCUT2D eigenvalue weighted by Gasteiger charge is 2.41. The van der Waals surface area contributed by atoms with Gasteiger partial charge in [-0.15, -0.1) is 0 Å². The summed E-state index contributed by atoms with van der Waals surface area (Å²) in [5.41, 5.74) is 33.0. The predicted octanol–water partition coefficient (Wildman–Crippen LogP) is -9.36. The molecule has 0 aromatic heterocycles. The molecule has 0 saturated carbocycles. The largest absolute Gasteiger partial charge is 0.481 e. The van der Waals surface area contributed by atoms with E-state index in [0.717, 1.165) is 11.8 Å². The number of thioether (sulfide) groups is 2. The third-order valence-corrected chi connectivity index (χ3v) is 16.4. The average Bonchev–Trinajstić information content (AvgIpc) is 1.75. The van der Waals surface area contributed by atoms with Crippen molar-refractivity contribution in [2.45, 2.75) is 196 Å². The fourth-order valence-electron chi connectivity index (χ4n) is 9.75. The van der Waals surface area contributed by atoms with Crippen LogP contribution in [0.5, 0.6) is 0 Å². The lowest BCUT2D eigenvalue weighted by molar-refractivity contribution is -0.143. The quantitative estimate of drug-likeness (QED) is 0.0252. The topological polar surface area (TPSA) is 663 Å². The maximum Gasteiger partial charge on any atom is 0.305 e. The summed E-state index contributed by atoms with van der Waals surface area (Å²) >= 11 is 2.59. The zero-order valence-electron chi connectivity index (χ0n) is 56.1. The monoisotopic (exact) mass is 1450 g/mol. The highest BCUT2D eigenvalue weighted by molar-refractivity contribution is 7.98. The van der Waals surface area contributed by atoms with Crippen LogP contribution in [0.4, 0.5) is 0 Å². The Kier molecular flexibility index (Phi) is 41.8. The van der Waals surface area contributed by atoms with Gasteiger partial charge in [0.1, 0.15) is 66.5 Å². The number of nitrogens with two attached hydrogens (primary N) is 6. The predicted molar refractivity (Wildman–Crippen MR) is 356 cm³/mol. The maximum absolute atomic E-state index is 14.0. The van der Waals surface area contributed by atoms with Crippen molar-refractivity contribution in [1.29, 1.82) is 0 Å². The third-order valence-electron chi connectivity index (χ3n) is 15.1. The van der Waals surface area contributed by atoms with Gasteiger partial charge in [-0.1, -0.05) is 13.8 Å². The Balaban J connectivity index is 3.38. The second-order valence-corrected chi connectivity index (χ2v) is 25.6. The molecular weight excluding hydrogens is 1350 g/mol. The summed E-state index contributed by atoms with van der Waals surface area (Å²) in [4.78, 5) is 225. The van der Waals surface area contributed by atoms with Crippen molar-refractivity contribution in [3.63, 3.8) is 0 Å². The molecule has 1 rings (SSSR count). The van der Waals surface area contributed by atoms with Gasteiger partial charge in [0, 0.05) is 13.0 Å². The van der Waals surface area contributed by atoms with Crippen molar-refractivity contribution in [2.75, 3.05) is 56.8 Å². The summed E-state index contributed by atoms with van der Waals surface area (Å²) in [5.74, 6) is -18.9. The van der Waals surface area contributed by atoms with Gasteiger partial charge in [-0.3, -0.25) is 81.5 Å². The van der Waals surface area contributed by atoms with E-state index < -0.39 is 230 Å². The molecule has 560 valence electrons. The van der Waals surface area contributed by atoms with Gasteiger partial charge in [-0.2, -0.15) is 23.5 Å². The van der Waals surface area contributed by atoms with Crippen LogP contribution in [-0.4, -0.2) is 261 Å². The number of carboxylic acids is 2. The number of hydrogen-bond acceptors (Lipinski definition) is 24. The summed E-state index contributed by atoms with van der Waals surface area (Å²) in [6.45, 7) is 2.48. The van der Waals surface area contributed by atoms with Crippen LogP contribution in [0.25, 0.3) is 0 Å². The number of aliphatic hydroxyl groups is 2. The molecule has 15 amide bonds. The first-order chi connectivity index (χ1) is 46.6. The molecule has 0 radical (unpaired) electrons. The molecule has 1 aliphatic heterocycles. The molecule has 0 aromatic carbocycles. The van der Waals surface area contributed by atoms with Gasteiger partial charge in [-0.05, 0) is 121 Å². The zero-order valence-corrected chi connectivity index (χ0v) is 57.7. The van der Waals surface area contributed by atoms with Crippen LogP contribution in [0.2, 0.25) is 0 Å². The van der Waals surface area contributed by atoms with Crippen molar-refractivity contribution in [3.8, 4) is 0 Å². The SMILES string of the molecule is CSCC[C@H](NC(=O)[C@@H](NC(=O)[C@H](CCC(=O)O)NC(=O)[C@@H](NC(=O)[C@H](CC(=O)O)NC(=O)CNC(=O)[C@H](CCCCN)NC(=O)[C@H](CC(N)=O)NC(=O)[C@H](CCSC)NC(=O)[C@@H]1CCCN1C(=O)[C@H](CO)NC(=O)[C@@H](N)CC(N)=O)[C@@H](C)O)C(C)C)C(=O)N[C@@H](CCCCN)C(N)=O. The fraction of sp³-hybridized carbons (Fsp3) is 0.707. The van der Waals surface area contributed by atoms with Crippen molar-refractivity contribution >= 4 is 124 Å². The molecule has 1 fully saturated rings. The Labute approximate surface area is 580 Å². The molecule has 99 heavy (non-hydrogen) atoms. The Morgan fingerprint density at radius 2 is 0.939 bits per heavy atom. The number of carbonyl (C=O) groups is 17. The van der Waals surface area contributed by atoms with Gasteiger partial charge in [0.15, 0.2) is 0 Å². The molecular formula is C58H100N18O21S2. The van der Waals surface area contributed by atoms with E-state index in [-0.39, 0.29) is 70.2 Å². The Hall–Kier alpha value is -8.51. The van der Waals surface area contributed by atoms with Gasteiger partial charge in [0.2, 0.25) is 88.6 Å². The molecule has 27 N–H and O–H groups in total. The molecule has 1 saturated heterocycles. The van der Waals surface area contributed by atoms with Gasteiger partial charge in [0.05, 0.1) is 44.6 Å². The van der Waals surface area contributed by atoms with Gasteiger partial charge in [0.25, 0.3) is 0 Å². The lowest BCUT2D eigenvalue weighted by Gasteiger charge is -2.30. The molecule has 39 nitrogen and oxygen atoms in total. The fourth-order valence-corrected chi connectivity index (χ4v) is 10.7. The van der Waals surface area contributed by atoms with Crippen LogP contribution in [0.15, 0.2) is 0 Å². The van der Waals surface area contributed by atoms with Gasteiger partial charge < -0.3 is 118 Å². The van der Waals surface area contributed by atoms with Crippen molar-refractivity contribution < 1.29 is 102 Å². The first kappa shape index (κ1) is 88.5. The zero-order chi connectivity index (χ0) is 75.2. The van der Waals surface area contributed by atoms with Crippen molar-refractivity contribution in [1.82, 2.24) is 63.4 Å². The first-order valence-electron chi connectivity index (χ1n) is 31.9. The highest BCUT2D eigenvalue weighted by atomic mass is 32.2. The Morgan fingerprint density at radius 1 is 0.495 bits per heavy atom. The van der Waals surface area contributed by atoms with E-state index in [1.54, 1.807) is 12.5 Å². The number of primary amides is 3. The van der Waals surface area contributed by atoms with E-state index in [1.807, 2.05) is 0 Å². The Bertz CT molecular complexity index is 2810. The standard InChI is InChI=1S/C58H100N18O21S2/c1-28(2)45(56(95)71-35(17-22-99-5)50(89)67-31(47(64)86)11-6-8-18-59)74-52(91)33(14-15-43(82)83)70-57(96)46(29(3)78)75-54(93)37(25-44(84)85)66-42(81)26-65-49(88)32(12-7-9-19-60)68-53(92)36(24-41(63)80)72-51(90)34(16-21-98-4)69-55(94)39-13-10-20-76(39)58(97)38(27-77)73-48(87)30(61)23-40(62)79/h28-39,45-46,77-78H,6-27,59-61H2,1-5H3,(H2,62,79)(H2,63,80)(H2,64,86)(H,65,88)(H,66,81)(H,67,89)(H,68,92)(H,69,94)(H,70,96)(H,71,95)(H,72,90)(H,73,87)(H,74,91)(H,75,93)(H,82,83)(H,84,85)/t29-,30+,31+,32+,33+,34+,35+,36+,37+,38+,39+,45+,46+/m1/s1. The van der Waals surface area contributed by atoms with Crippen LogP contribution >= 0.6 is 23.5 Å². The number of unbranched alkanes of at least 4 members (excludes halogenated alkanes) is 2. The van der Waals surface area contributed by atoms with E-state index >= 15 is 0 Å². The molecule has 0 aliphatic carbocycles. The number of amides is 15. The van der Waals surface area contributed by atoms with Gasteiger partial charge >= 0.3 is 11.9 Å². The smallest absolute Gasteiger partial charge is 0.305 e. The number of aliphatic carboxylic acids is 2. The van der Waals surface area contributed by atoms with Gasteiger partial charge in [-0.25, -0.2) is 0 Å². The normalized spacial score (nSPS) is 16.3. The van der Waals surface area contributed by atoms with E-state index in [9.17, 15) is 102 Å². The lowest BCUT2D eigenvalue weighted by atomic mass is 10.0. The molecule has 13 atom stereocenters. The summed E-state index contributed by atoms with van der Waals surface area (Å²) in [7, 11) is 0. The van der Waals surface area contributed by atoms with Crippen LogP contribution in [0.3, 0.4) is 0 Å². The number of nitrogens with zero attached hydrogens (tertiary/aromatic N) is 1. The number of nitrogens with one attached hydrogen (secondary N) is 11. The van der Waals surface area contributed by atoms with E-state index in [0.29, 0.717) is 25.1 Å². The number of carboxylic acid groups (broad SMARTS) is 2. The van der Waals surface area contributed by atoms with E-state index in [4.69, 9.17) is 34.4 Å². The minimum absolute atomic E-state index is 0.0201.